The molecule has 0 spiro atoms. The molecule has 2 aliphatic carbocycles. The van der Waals surface area contributed by atoms with Gasteiger partial charge in [0.25, 0.3) is 0 Å². The molecule has 156 valence electrons. The van der Waals surface area contributed by atoms with Gasteiger partial charge in [-0.1, -0.05) is 24.3 Å². The van der Waals surface area contributed by atoms with E-state index in [0.29, 0.717) is 12.0 Å². The van der Waals surface area contributed by atoms with Gasteiger partial charge in [-0.3, -0.25) is 0 Å². The molecule has 2 aromatic rings. The van der Waals surface area contributed by atoms with Crippen LogP contribution in [0.5, 0.6) is 0 Å². The van der Waals surface area contributed by atoms with E-state index in [1.54, 1.807) is 6.07 Å². The summed E-state index contributed by atoms with van der Waals surface area (Å²) in [6.45, 7) is -0.446. The van der Waals surface area contributed by atoms with Crippen LogP contribution >= 0.6 is 0 Å². The molecule has 0 bridgehead atoms. The summed E-state index contributed by atoms with van der Waals surface area (Å²) in [5, 5.41) is 9.13. The van der Waals surface area contributed by atoms with Gasteiger partial charge < -0.3 is 5.11 Å². The molecule has 0 aromatic heterocycles. The van der Waals surface area contributed by atoms with Crippen LogP contribution in [0.25, 0.3) is 0 Å². The second-order valence-electron chi connectivity index (χ2n) is 8.17. The summed E-state index contributed by atoms with van der Waals surface area (Å²) in [5.74, 6) is 0.205. The zero-order valence-corrected chi connectivity index (χ0v) is 16.7. The third-order valence-corrected chi connectivity index (χ3v) is 8.20. The maximum absolute atomic E-state index is 13.1. The average Bonchev–Trinajstić information content (AvgIpc) is 3.45. The Bertz CT molecular complexity index is 1020. The van der Waals surface area contributed by atoms with Crippen LogP contribution in [-0.2, 0) is 35.5 Å². The molecule has 2 aliphatic rings. The number of aliphatic hydroxyl groups excluding tert-OH is 1. The molecule has 2 aromatic carbocycles. The van der Waals surface area contributed by atoms with Gasteiger partial charge in [0, 0.05) is 0 Å². The molecule has 3 nitrogen and oxygen atoms in total. The molecular weight excluding hydrogens is 401 g/mol. The maximum Gasteiger partial charge on any atom is 0.416 e. The fourth-order valence-electron chi connectivity index (χ4n) is 4.24. The smallest absolute Gasteiger partial charge is 0.392 e. The number of rotatable bonds is 6. The Morgan fingerprint density at radius 3 is 2.34 bits per heavy atom. The fourth-order valence-corrected chi connectivity index (χ4v) is 6.27. The van der Waals surface area contributed by atoms with Crippen LogP contribution < -0.4 is 0 Å². The first-order chi connectivity index (χ1) is 13.7. The maximum atomic E-state index is 13.1. The van der Waals surface area contributed by atoms with E-state index in [1.165, 1.54) is 0 Å². The van der Waals surface area contributed by atoms with Crippen molar-refractivity contribution in [1.82, 2.24) is 0 Å². The lowest BCUT2D eigenvalue weighted by Crippen LogP contribution is -2.17. The molecule has 0 saturated heterocycles. The van der Waals surface area contributed by atoms with Crippen molar-refractivity contribution in [2.75, 3.05) is 5.75 Å². The van der Waals surface area contributed by atoms with Gasteiger partial charge in [0.15, 0.2) is 9.84 Å². The van der Waals surface area contributed by atoms with Gasteiger partial charge in [-0.15, -0.1) is 0 Å². The number of hydrogen-bond donors (Lipinski definition) is 1. The first-order valence-electron chi connectivity index (χ1n) is 9.80. The van der Waals surface area contributed by atoms with Crippen molar-refractivity contribution < 1.29 is 26.7 Å². The number of halogens is 3. The van der Waals surface area contributed by atoms with E-state index in [4.69, 9.17) is 0 Å². The lowest BCUT2D eigenvalue weighted by molar-refractivity contribution is -0.137. The van der Waals surface area contributed by atoms with Crippen LogP contribution in [0.4, 0.5) is 13.2 Å². The van der Waals surface area contributed by atoms with E-state index >= 15 is 0 Å². The molecule has 4 rings (SSSR count). The molecular formula is C22H23F3O3S. The Morgan fingerprint density at radius 2 is 1.69 bits per heavy atom. The van der Waals surface area contributed by atoms with Gasteiger partial charge in [-0.2, -0.15) is 13.2 Å². The van der Waals surface area contributed by atoms with Crippen molar-refractivity contribution in [3.05, 3.63) is 69.8 Å². The third-order valence-electron chi connectivity index (χ3n) is 5.85. The van der Waals surface area contributed by atoms with Crippen molar-refractivity contribution in [3.63, 3.8) is 0 Å². The van der Waals surface area contributed by atoms with E-state index in [9.17, 15) is 26.7 Å². The first-order valence-corrected chi connectivity index (χ1v) is 11.5. The zero-order chi connectivity index (χ0) is 20.8. The Morgan fingerprint density at radius 1 is 0.966 bits per heavy atom. The summed E-state index contributed by atoms with van der Waals surface area (Å²) < 4.78 is 64.0. The monoisotopic (exact) mass is 424 g/mol. The summed E-state index contributed by atoms with van der Waals surface area (Å²) in [6, 6.07) is 9.48. The van der Waals surface area contributed by atoms with Crippen LogP contribution in [0.2, 0.25) is 0 Å². The van der Waals surface area contributed by atoms with Crippen LogP contribution in [0.15, 0.2) is 36.4 Å². The summed E-state index contributed by atoms with van der Waals surface area (Å²) in [6.07, 6.45) is -1.00. The summed E-state index contributed by atoms with van der Waals surface area (Å²) in [5.41, 5.74) is 3.00. The molecule has 7 heteroatoms. The third kappa shape index (κ3) is 4.51. The largest absolute Gasteiger partial charge is 0.416 e. The number of sulfone groups is 1. The predicted molar refractivity (Wildman–Crippen MR) is 104 cm³/mol. The standard InChI is InChI=1S/C22H23F3O3S/c23-22(24,25)19-10-15(8-16(11-19)12-26)7-14-1-6-21-17(9-14)2-3-18(21)13-29(27,28)20-4-5-20/h1,6,8-11,18,20,26H,2-5,7,12-13H2. The highest BCUT2D eigenvalue weighted by atomic mass is 32.2. The minimum atomic E-state index is -4.46. The molecule has 1 N–H and O–H groups in total. The first kappa shape index (κ1) is 20.4. The van der Waals surface area contributed by atoms with Crippen LogP contribution in [0.1, 0.15) is 58.6 Å². The van der Waals surface area contributed by atoms with Crippen molar-refractivity contribution in [1.29, 1.82) is 0 Å². The van der Waals surface area contributed by atoms with Crippen LogP contribution in [0.3, 0.4) is 0 Å². The Kier molecular flexibility index (Phi) is 5.23. The average molecular weight is 424 g/mol. The molecule has 1 unspecified atom stereocenters. The molecule has 1 fully saturated rings. The second-order valence-corrected chi connectivity index (χ2v) is 10.5. The molecule has 0 aliphatic heterocycles. The van der Waals surface area contributed by atoms with Crippen molar-refractivity contribution >= 4 is 9.84 Å². The van der Waals surface area contributed by atoms with E-state index in [-0.39, 0.29) is 22.5 Å². The lowest BCUT2D eigenvalue weighted by atomic mass is 9.96. The van der Waals surface area contributed by atoms with Crippen molar-refractivity contribution in [2.24, 2.45) is 0 Å². The van der Waals surface area contributed by atoms with Crippen LogP contribution in [-0.4, -0.2) is 24.5 Å². The van der Waals surface area contributed by atoms with Crippen molar-refractivity contribution in [2.45, 2.75) is 56.1 Å². The highest BCUT2D eigenvalue weighted by Crippen LogP contribution is 2.39. The minimum absolute atomic E-state index is 0.0131. The number of benzene rings is 2. The van der Waals surface area contributed by atoms with Gasteiger partial charge in [0.2, 0.25) is 0 Å². The molecule has 0 amide bonds. The molecule has 0 radical (unpaired) electrons. The topological polar surface area (TPSA) is 54.4 Å². The molecule has 0 heterocycles. The quantitative estimate of drug-likeness (QED) is 0.748. The molecule has 1 atom stereocenters. The second kappa shape index (κ2) is 7.43. The molecule has 29 heavy (non-hydrogen) atoms. The summed E-state index contributed by atoms with van der Waals surface area (Å²) in [7, 11) is -3.03. The Labute approximate surface area is 168 Å². The highest BCUT2D eigenvalue weighted by molar-refractivity contribution is 7.92. The fraction of sp³-hybridized carbons (Fsp3) is 0.455. The van der Waals surface area contributed by atoms with Gasteiger partial charge in [-0.25, -0.2) is 8.42 Å². The van der Waals surface area contributed by atoms with Gasteiger partial charge in [-0.05, 0) is 78.0 Å². The van der Waals surface area contributed by atoms with Crippen LogP contribution in [0, 0.1) is 0 Å². The van der Waals surface area contributed by atoms with Crippen molar-refractivity contribution in [3.8, 4) is 0 Å². The number of alkyl halides is 3. The van der Waals surface area contributed by atoms with E-state index in [1.807, 2.05) is 18.2 Å². The van der Waals surface area contributed by atoms with Gasteiger partial charge in [0.05, 0.1) is 23.2 Å². The van der Waals surface area contributed by atoms with Gasteiger partial charge in [0.1, 0.15) is 0 Å². The summed E-state index contributed by atoms with van der Waals surface area (Å²) >= 11 is 0. The van der Waals surface area contributed by atoms with E-state index in [2.05, 4.69) is 0 Å². The summed E-state index contributed by atoms with van der Waals surface area (Å²) in [4.78, 5) is 0. The van der Waals surface area contributed by atoms with E-state index < -0.39 is 28.2 Å². The Hall–Kier alpha value is -1.86. The molecule has 1 saturated carbocycles. The lowest BCUT2D eigenvalue weighted by Gasteiger charge is -2.14. The Balaban J connectivity index is 1.55. The number of aliphatic hydroxyl groups is 1. The normalized spacial score (nSPS) is 19.4. The van der Waals surface area contributed by atoms with E-state index in [0.717, 1.165) is 54.5 Å². The number of aryl methyl sites for hydroxylation is 1. The minimum Gasteiger partial charge on any atom is -0.392 e. The number of fused-ring (bicyclic) bond motifs is 1. The van der Waals surface area contributed by atoms with Gasteiger partial charge >= 0.3 is 6.18 Å². The zero-order valence-electron chi connectivity index (χ0n) is 15.9. The SMILES string of the molecule is O=S(=O)(CC1CCc2cc(Cc3cc(CO)cc(C(F)(F)F)c3)ccc21)C1CC1. The number of hydrogen-bond acceptors (Lipinski definition) is 3. The predicted octanol–water partition coefficient (Wildman–Crippen LogP) is 4.40. The highest BCUT2D eigenvalue weighted by Gasteiger charge is 2.38.